The van der Waals surface area contributed by atoms with Crippen LogP contribution in [0.25, 0.3) is 0 Å². The number of hydrogen-bond donors (Lipinski definition) is 1. The van der Waals surface area contributed by atoms with Gasteiger partial charge in [0.25, 0.3) is 0 Å². The Labute approximate surface area is 113 Å². The Balaban J connectivity index is 1.47. The fourth-order valence-corrected chi connectivity index (χ4v) is 4.20. The lowest BCUT2D eigenvalue weighted by molar-refractivity contribution is 0.104. The van der Waals surface area contributed by atoms with E-state index in [0.717, 1.165) is 23.9 Å². The second kappa shape index (κ2) is 5.92. The fourth-order valence-electron chi connectivity index (χ4n) is 4.20. The molecule has 2 aliphatic carbocycles. The molecule has 1 N–H and O–H groups in total. The summed E-state index contributed by atoms with van der Waals surface area (Å²) in [5.41, 5.74) is 0. The van der Waals surface area contributed by atoms with Gasteiger partial charge in [0.1, 0.15) is 0 Å². The second-order valence-corrected chi connectivity index (χ2v) is 7.20. The number of rotatable bonds is 4. The van der Waals surface area contributed by atoms with Crippen molar-refractivity contribution in [2.75, 3.05) is 19.6 Å². The van der Waals surface area contributed by atoms with Crippen molar-refractivity contribution in [3.63, 3.8) is 0 Å². The van der Waals surface area contributed by atoms with Gasteiger partial charge in [-0.05, 0) is 43.9 Å². The van der Waals surface area contributed by atoms with Gasteiger partial charge in [-0.25, -0.2) is 0 Å². The van der Waals surface area contributed by atoms with E-state index >= 15 is 0 Å². The van der Waals surface area contributed by atoms with E-state index in [1.54, 1.807) is 0 Å². The minimum absolute atomic E-state index is 0.775. The van der Waals surface area contributed by atoms with Crippen LogP contribution in [0.2, 0.25) is 0 Å². The van der Waals surface area contributed by atoms with Crippen molar-refractivity contribution in [1.29, 1.82) is 0 Å². The summed E-state index contributed by atoms with van der Waals surface area (Å²) in [5, 5.41) is 3.95. The molecule has 0 spiro atoms. The molecule has 1 aliphatic heterocycles. The SMILES string of the molecule is CC1CC(NC2CCCC2)CN(CC2CCC2)C1. The Morgan fingerprint density at radius 3 is 2.39 bits per heavy atom. The first-order valence-corrected chi connectivity index (χ1v) is 8.28. The fraction of sp³-hybridized carbons (Fsp3) is 1.00. The maximum Gasteiger partial charge on any atom is 0.0200 e. The lowest BCUT2D eigenvalue weighted by Crippen LogP contribution is -2.52. The van der Waals surface area contributed by atoms with Crippen LogP contribution in [0.4, 0.5) is 0 Å². The number of piperidine rings is 1. The van der Waals surface area contributed by atoms with Gasteiger partial charge in [-0.2, -0.15) is 0 Å². The van der Waals surface area contributed by atoms with Crippen LogP contribution in [0.15, 0.2) is 0 Å². The molecule has 2 atom stereocenters. The minimum atomic E-state index is 0.775. The molecule has 0 aromatic rings. The largest absolute Gasteiger partial charge is 0.310 e. The Bertz CT molecular complexity index is 256. The summed E-state index contributed by atoms with van der Waals surface area (Å²) in [6, 6.07) is 1.61. The number of nitrogens with one attached hydrogen (secondary N) is 1. The molecule has 2 unspecified atom stereocenters. The molecule has 0 bridgehead atoms. The van der Waals surface area contributed by atoms with Crippen molar-refractivity contribution in [1.82, 2.24) is 10.2 Å². The summed E-state index contributed by atoms with van der Waals surface area (Å²) >= 11 is 0. The first-order chi connectivity index (χ1) is 8.79. The van der Waals surface area contributed by atoms with E-state index in [1.807, 2.05) is 0 Å². The van der Waals surface area contributed by atoms with Crippen molar-refractivity contribution >= 4 is 0 Å². The number of nitrogens with zero attached hydrogens (tertiary/aromatic N) is 1. The van der Waals surface area contributed by atoms with Gasteiger partial charge in [0.2, 0.25) is 0 Å². The van der Waals surface area contributed by atoms with Gasteiger partial charge in [0.15, 0.2) is 0 Å². The Hall–Kier alpha value is -0.0800. The zero-order valence-corrected chi connectivity index (χ0v) is 12.0. The summed E-state index contributed by atoms with van der Waals surface area (Å²) in [5.74, 6) is 1.92. The predicted octanol–water partition coefficient (Wildman–Crippen LogP) is 3.03. The van der Waals surface area contributed by atoms with Crippen molar-refractivity contribution in [3.8, 4) is 0 Å². The number of likely N-dealkylation sites (tertiary alicyclic amines) is 1. The van der Waals surface area contributed by atoms with Crippen LogP contribution in [0, 0.1) is 11.8 Å². The van der Waals surface area contributed by atoms with Crippen molar-refractivity contribution < 1.29 is 0 Å². The van der Waals surface area contributed by atoms with Gasteiger partial charge in [-0.1, -0.05) is 26.2 Å². The van der Waals surface area contributed by atoms with Crippen molar-refractivity contribution in [3.05, 3.63) is 0 Å². The summed E-state index contributed by atoms with van der Waals surface area (Å²) in [6.07, 6.45) is 11.6. The molecule has 2 heteroatoms. The highest BCUT2D eigenvalue weighted by atomic mass is 15.2. The standard InChI is InChI=1S/C16H30N2/c1-13-9-16(17-15-7-2-3-8-15)12-18(10-13)11-14-5-4-6-14/h13-17H,2-12H2,1H3. The third-order valence-electron chi connectivity index (χ3n) is 5.30. The van der Waals surface area contributed by atoms with Crippen LogP contribution in [0.5, 0.6) is 0 Å². The molecule has 0 radical (unpaired) electrons. The lowest BCUT2D eigenvalue weighted by Gasteiger charge is -2.41. The van der Waals surface area contributed by atoms with E-state index in [4.69, 9.17) is 0 Å². The summed E-state index contributed by atoms with van der Waals surface area (Å²) in [4.78, 5) is 2.75. The maximum absolute atomic E-state index is 3.95. The average molecular weight is 250 g/mol. The highest BCUT2D eigenvalue weighted by Gasteiger charge is 2.29. The van der Waals surface area contributed by atoms with E-state index in [0.29, 0.717) is 0 Å². The van der Waals surface area contributed by atoms with Crippen molar-refractivity contribution in [2.45, 2.75) is 70.4 Å². The molecular formula is C16H30N2. The third kappa shape index (κ3) is 3.27. The number of hydrogen-bond acceptors (Lipinski definition) is 2. The highest BCUT2D eigenvalue weighted by molar-refractivity contribution is 4.87. The van der Waals surface area contributed by atoms with Crippen LogP contribution < -0.4 is 5.32 Å². The maximum atomic E-state index is 3.95. The molecule has 0 aromatic heterocycles. The third-order valence-corrected chi connectivity index (χ3v) is 5.30. The van der Waals surface area contributed by atoms with Crippen LogP contribution in [-0.2, 0) is 0 Å². The topological polar surface area (TPSA) is 15.3 Å². The van der Waals surface area contributed by atoms with Gasteiger partial charge in [-0.3, -0.25) is 0 Å². The monoisotopic (exact) mass is 250 g/mol. The van der Waals surface area contributed by atoms with E-state index in [2.05, 4.69) is 17.1 Å². The molecule has 3 fully saturated rings. The van der Waals surface area contributed by atoms with Crippen LogP contribution >= 0.6 is 0 Å². The van der Waals surface area contributed by atoms with Gasteiger partial charge in [-0.15, -0.1) is 0 Å². The molecule has 2 nitrogen and oxygen atoms in total. The second-order valence-electron chi connectivity index (χ2n) is 7.20. The van der Waals surface area contributed by atoms with Gasteiger partial charge >= 0.3 is 0 Å². The van der Waals surface area contributed by atoms with E-state index in [1.165, 1.54) is 71.0 Å². The molecule has 0 amide bonds. The molecule has 0 aromatic carbocycles. The Kier molecular flexibility index (Phi) is 4.25. The molecule has 1 heterocycles. The molecule has 3 rings (SSSR count). The molecule has 3 aliphatic rings. The molecule has 104 valence electrons. The average Bonchev–Trinajstić information content (AvgIpc) is 2.75. The van der Waals surface area contributed by atoms with Crippen LogP contribution in [-0.4, -0.2) is 36.6 Å². The van der Waals surface area contributed by atoms with E-state index < -0.39 is 0 Å². The van der Waals surface area contributed by atoms with Gasteiger partial charge in [0, 0.05) is 31.7 Å². The smallest absolute Gasteiger partial charge is 0.0200 e. The predicted molar refractivity (Wildman–Crippen MR) is 76.7 cm³/mol. The zero-order valence-electron chi connectivity index (χ0n) is 12.0. The lowest BCUT2D eigenvalue weighted by atomic mass is 9.84. The summed E-state index contributed by atoms with van der Waals surface area (Å²) in [7, 11) is 0. The normalized spacial score (nSPS) is 35.8. The quantitative estimate of drug-likeness (QED) is 0.825. The van der Waals surface area contributed by atoms with E-state index in [9.17, 15) is 0 Å². The Morgan fingerprint density at radius 1 is 0.944 bits per heavy atom. The summed E-state index contributed by atoms with van der Waals surface area (Å²) in [6.45, 7) is 6.49. The molecule has 1 saturated heterocycles. The summed E-state index contributed by atoms with van der Waals surface area (Å²) < 4.78 is 0. The van der Waals surface area contributed by atoms with Crippen LogP contribution in [0.1, 0.15) is 58.3 Å². The van der Waals surface area contributed by atoms with Gasteiger partial charge < -0.3 is 10.2 Å². The van der Waals surface area contributed by atoms with Crippen LogP contribution in [0.3, 0.4) is 0 Å². The van der Waals surface area contributed by atoms with E-state index in [-0.39, 0.29) is 0 Å². The molecule has 18 heavy (non-hydrogen) atoms. The minimum Gasteiger partial charge on any atom is -0.310 e. The van der Waals surface area contributed by atoms with Gasteiger partial charge in [0.05, 0.1) is 0 Å². The van der Waals surface area contributed by atoms with Crippen molar-refractivity contribution in [2.24, 2.45) is 11.8 Å². The first-order valence-electron chi connectivity index (χ1n) is 8.28. The molecule has 2 saturated carbocycles. The highest BCUT2D eigenvalue weighted by Crippen LogP contribution is 2.29. The zero-order chi connectivity index (χ0) is 12.4. The Morgan fingerprint density at radius 2 is 1.72 bits per heavy atom. The first kappa shape index (κ1) is 12.9. The molecular weight excluding hydrogens is 220 g/mol.